The van der Waals surface area contributed by atoms with Gasteiger partial charge < -0.3 is 4.74 Å². The van der Waals surface area contributed by atoms with Crippen LogP contribution >= 0.6 is 12.4 Å². The molecule has 1 heterocycles. The van der Waals surface area contributed by atoms with Crippen molar-refractivity contribution >= 4 is 22.4 Å². The second kappa shape index (κ2) is 10.6. The second-order valence-electron chi connectivity index (χ2n) is 7.87. The maximum Gasteiger partial charge on any atom is 0.241 e. The normalized spacial score (nSPS) is 14.1. The van der Waals surface area contributed by atoms with Crippen LogP contribution in [0.1, 0.15) is 40.7 Å². The lowest BCUT2D eigenvalue weighted by atomic mass is 10.00. The summed E-state index contributed by atoms with van der Waals surface area (Å²) in [5.41, 5.74) is 5.20. The van der Waals surface area contributed by atoms with Gasteiger partial charge in [-0.3, -0.25) is 4.90 Å². The van der Waals surface area contributed by atoms with Crippen LogP contribution in [0.25, 0.3) is 0 Å². The lowest BCUT2D eigenvalue weighted by Gasteiger charge is -2.28. The molecule has 1 aliphatic heterocycles. The summed E-state index contributed by atoms with van der Waals surface area (Å²) in [5, 5.41) is 0. The molecule has 0 atom stereocenters. The van der Waals surface area contributed by atoms with Crippen LogP contribution in [0.4, 0.5) is 0 Å². The zero-order valence-corrected chi connectivity index (χ0v) is 20.0. The van der Waals surface area contributed by atoms with Gasteiger partial charge in [0.2, 0.25) is 10.0 Å². The molecule has 0 unspecified atom stereocenters. The van der Waals surface area contributed by atoms with Gasteiger partial charge >= 0.3 is 0 Å². The zero-order chi connectivity index (χ0) is 21.0. The molecule has 0 saturated carbocycles. The Hall–Kier alpha value is -1.60. The predicted octanol–water partition coefficient (Wildman–Crippen LogP) is 4.16. The average Bonchev–Trinajstić information content (AvgIpc) is 2.70. The maximum absolute atomic E-state index is 12.9. The fourth-order valence-electron chi connectivity index (χ4n) is 4.13. The van der Waals surface area contributed by atoms with E-state index in [-0.39, 0.29) is 12.4 Å². The summed E-state index contributed by atoms with van der Waals surface area (Å²) < 4.78 is 33.9. The number of unbranched alkanes of at least 4 members (excludes halogenated alkanes) is 1. The molecule has 2 aromatic carbocycles. The summed E-state index contributed by atoms with van der Waals surface area (Å²) >= 11 is 0. The van der Waals surface area contributed by atoms with E-state index in [1.165, 1.54) is 11.1 Å². The monoisotopic (exact) mass is 452 g/mol. The van der Waals surface area contributed by atoms with Gasteiger partial charge in [-0.25, -0.2) is 13.1 Å². The summed E-state index contributed by atoms with van der Waals surface area (Å²) in [6.07, 6.45) is 2.90. The molecule has 0 bridgehead atoms. The van der Waals surface area contributed by atoms with E-state index >= 15 is 0 Å². The van der Waals surface area contributed by atoms with Gasteiger partial charge in [-0.2, -0.15) is 0 Å². The largest absolute Gasteiger partial charge is 0.496 e. The van der Waals surface area contributed by atoms with Crippen molar-refractivity contribution in [2.75, 3.05) is 26.7 Å². The number of methoxy groups -OCH3 is 1. The number of hydrogen-bond donors (Lipinski definition) is 1. The first-order valence-electron chi connectivity index (χ1n) is 10.3. The van der Waals surface area contributed by atoms with Crippen molar-refractivity contribution in [3.8, 4) is 5.75 Å². The van der Waals surface area contributed by atoms with Crippen molar-refractivity contribution in [1.29, 1.82) is 0 Å². The second-order valence-corrected chi connectivity index (χ2v) is 9.58. The Morgan fingerprint density at radius 3 is 2.47 bits per heavy atom. The molecule has 2 aromatic rings. The molecule has 0 saturated heterocycles. The van der Waals surface area contributed by atoms with Gasteiger partial charge in [0.15, 0.2) is 0 Å². The van der Waals surface area contributed by atoms with Gasteiger partial charge in [0.1, 0.15) is 5.75 Å². The average molecular weight is 453 g/mol. The Balaban J connectivity index is 0.00000320. The summed E-state index contributed by atoms with van der Waals surface area (Å²) in [7, 11) is -1.93. The van der Waals surface area contributed by atoms with Gasteiger partial charge in [-0.15, -0.1) is 12.4 Å². The topological polar surface area (TPSA) is 58.6 Å². The molecule has 30 heavy (non-hydrogen) atoms. The van der Waals surface area contributed by atoms with E-state index in [9.17, 15) is 8.42 Å². The quantitative estimate of drug-likeness (QED) is 0.611. The van der Waals surface area contributed by atoms with Crippen LogP contribution < -0.4 is 9.46 Å². The molecule has 1 N–H and O–H groups in total. The van der Waals surface area contributed by atoms with Crippen LogP contribution in [-0.4, -0.2) is 40.1 Å². The fraction of sp³-hybridized carbons (Fsp3) is 0.478. The van der Waals surface area contributed by atoms with E-state index < -0.39 is 10.0 Å². The van der Waals surface area contributed by atoms with Crippen molar-refractivity contribution in [2.24, 2.45) is 0 Å². The minimum atomic E-state index is -3.53. The van der Waals surface area contributed by atoms with E-state index in [4.69, 9.17) is 4.74 Å². The number of fused-ring (bicyclic) bond motifs is 1. The first-order valence-corrected chi connectivity index (χ1v) is 11.8. The number of aryl methyl sites for hydroxylation is 1. The highest BCUT2D eigenvalue weighted by Crippen LogP contribution is 2.30. The molecular formula is C23H33ClN2O3S. The number of rotatable bonds is 8. The van der Waals surface area contributed by atoms with Crippen LogP contribution in [-0.2, 0) is 23.0 Å². The number of halogens is 1. The third-order valence-electron chi connectivity index (χ3n) is 5.87. The smallest absolute Gasteiger partial charge is 0.241 e. The number of nitrogens with zero attached hydrogens (tertiary/aromatic N) is 1. The molecule has 3 rings (SSSR count). The molecule has 0 radical (unpaired) electrons. The van der Waals surface area contributed by atoms with Crippen molar-refractivity contribution < 1.29 is 13.2 Å². The molecule has 1 aliphatic rings. The lowest BCUT2D eigenvalue weighted by Crippen LogP contribution is -2.32. The molecule has 7 heteroatoms. The third kappa shape index (κ3) is 5.55. The van der Waals surface area contributed by atoms with Gasteiger partial charge in [-0.05, 0) is 80.5 Å². The molecule has 0 amide bonds. The summed E-state index contributed by atoms with van der Waals surface area (Å²) in [4.78, 5) is 2.83. The number of hydrogen-bond acceptors (Lipinski definition) is 4. The molecule has 0 aliphatic carbocycles. The van der Waals surface area contributed by atoms with Crippen LogP contribution in [0.3, 0.4) is 0 Å². The van der Waals surface area contributed by atoms with E-state index in [1.807, 2.05) is 20.8 Å². The van der Waals surface area contributed by atoms with Crippen molar-refractivity contribution in [3.05, 3.63) is 58.1 Å². The Morgan fingerprint density at radius 2 is 1.77 bits per heavy atom. The first-order chi connectivity index (χ1) is 13.8. The maximum atomic E-state index is 12.9. The third-order valence-corrected chi connectivity index (χ3v) is 7.62. The minimum Gasteiger partial charge on any atom is -0.496 e. The zero-order valence-electron chi connectivity index (χ0n) is 18.3. The Bertz CT molecular complexity index is 977. The van der Waals surface area contributed by atoms with Gasteiger partial charge in [-0.1, -0.05) is 24.3 Å². The highest BCUT2D eigenvalue weighted by Gasteiger charge is 2.22. The van der Waals surface area contributed by atoms with Gasteiger partial charge in [0.05, 0.1) is 12.0 Å². The molecule has 5 nitrogen and oxygen atoms in total. The van der Waals surface area contributed by atoms with Gasteiger partial charge in [0.25, 0.3) is 0 Å². The SMILES string of the molecule is COc1cc(C)c(S(=O)(=O)NCCCCN2CCc3ccccc3C2)c(C)c1C.Cl. The van der Waals surface area contributed by atoms with Crippen LogP contribution in [0.5, 0.6) is 5.75 Å². The molecule has 0 spiro atoms. The van der Waals surface area contributed by atoms with Crippen LogP contribution in [0.15, 0.2) is 35.2 Å². The predicted molar refractivity (Wildman–Crippen MR) is 124 cm³/mol. The van der Waals surface area contributed by atoms with Crippen LogP contribution in [0.2, 0.25) is 0 Å². The molecular weight excluding hydrogens is 420 g/mol. The number of ether oxygens (including phenoxy) is 1. The Labute approximate surface area is 187 Å². The minimum absolute atomic E-state index is 0. The highest BCUT2D eigenvalue weighted by atomic mass is 35.5. The highest BCUT2D eigenvalue weighted by molar-refractivity contribution is 7.89. The molecule has 166 valence electrons. The van der Waals surface area contributed by atoms with Gasteiger partial charge in [0, 0.05) is 19.6 Å². The van der Waals surface area contributed by atoms with E-state index in [1.54, 1.807) is 13.2 Å². The summed E-state index contributed by atoms with van der Waals surface area (Å²) in [5.74, 6) is 0.724. The van der Waals surface area contributed by atoms with Crippen molar-refractivity contribution in [2.45, 2.75) is 51.5 Å². The fourth-order valence-corrected chi connectivity index (χ4v) is 5.73. The van der Waals surface area contributed by atoms with E-state index in [0.29, 0.717) is 17.0 Å². The van der Waals surface area contributed by atoms with Crippen LogP contribution in [0, 0.1) is 20.8 Å². The van der Waals surface area contributed by atoms with E-state index in [2.05, 4.69) is 33.9 Å². The number of nitrogens with one attached hydrogen (secondary N) is 1. The Kier molecular flexibility index (Phi) is 8.73. The van der Waals surface area contributed by atoms with Crippen molar-refractivity contribution in [3.63, 3.8) is 0 Å². The van der Waals surface area contributed by atoms with Crippen molar-refractivity contribution in [1.82, 2.24) is 9.62 Å². The Morgan fingerprint density at radius 1 is 1.07 bits per heavy atom. The number of benzene rings is 2. The van der Waals surface area contributed by atoms with E-state index in [0.717, 1.165) is 55.8 Å². The lowest BCUT2D eigenvalue weighted by molar-refractivity contribution is 0.249. The molecule has 0 fully saturated rings. The summed E-state index contributed by atoms with van der Waals surface area (Å²) in [6, 6.07) is 10.4. The first kappa shape index (κ1) is 24.7. The number of sulfonamides is 1. The standard InChI is InChI=1S/C23H32N2O3S.ClH/c1-17-15-22(28-4)18(2)19(3)23(17)29(26,27)24-12-7-8-13-25-14-11-20-9-5-6-10-21(20)16-25;/h5-6,9-10,15,24H,7-8,11-14,16H2,1-4H3;1H. The molecule has 0 aromatic heterocycles. The summed E-state index contributed by atoms with van der Waals surface area (Å²) in [6.45, 7) is 9.07.